The van der Waals surface area contributed by atoms with Gasteiger partial charge in [-0.2, -0.15) is 0 Å². The Morgan fingerprint density at radius 1 is 0.889 bits per heavy atom. The molecule has 1 atom stereocenters. The maximum Gasteiger partial charge on any atom is 0.250 e. The lowest BCUT2D eigenvalue weighted by molar-refractivity contribution is -0.159. The van der Waals surface area contributed by atoms with Gasteiger partial charge in [-0.15, -0.1) is 0 Å². The van der Waals surface area contributed by atoms with Crippen molar-refractivity contribution >= 4 is 11.8 Å². The van der Waals surface area contributed by atoms with E-state index >= 15 is 0 Å². The number of hydrogen-bond acceptors (Lipinski definition) is 5. The minimum atomic E-state index is -0.742. The second kappa shape index (κ2) is 12.2. The van der Waals surface area contributed by atoms with Crippen LogP contribution in [0, 0.1) is 0 Å². The Bertz CT molecular complexity index is 1050. The van der Waals surface area contributed by atoms with E-state index in [1.807, 2.05) is 54.3 Å². The molecule has 1 aliphatic heterocycles. The van der Waals surface area contributed by atoms with Crippen molar-refractivity contribution in [2.45, 2.75) is 70.5 Å². The molecule has 0 spiro atoms. The molecule has 1 saturated heterocycles. The SMILES string of the molecule is CCCOc1ccc([C@@H]2C(=O)N(C3CCCCCC3)CC(=O)N2Cc2ccccc2OC)cc1OC. The predicted octanol–water partition coefficient (Wildman–Crippen LogP) is 5.13. The van der Waals surface area contributed by atoms with Crippen LogP contribution < -0.4 is 14.2 Å². The number of carbonyl (C=O) groups excluding carboxylic acids is 2. The highest BCUT2D eigenvalue weighted by Crippen LogP contribution is 2.37. The summed E-state index contributed by atoms with van der Waals surface area (Å²) in [6.45, 7) is 3.02. The molecule has 36 heavy (non-hydrogen) atoms. The van der Waals surface area contributed by atoms with Crippen molar-refractivity contribution in [3.63, 3.8) is 0 Å². The average molecular weight is 495 g/mol. The molecule has 7 nitrogen and oxygen atoms in total. The lowest BCUT2D eigenvalue weighted by atomic mass is 9.96. The summed E-state index contributed by atoms with van der Waals surface area (Å²) in [4.78, 5) is 31.3. The topological polar surface area (TPSA) is 68.3 Å². The van der Waals surface area contributed by atoms with E-state index in [4.69, 9.17) is 14.2 Å². The summed E-state index contributed by atoms with van der Waals surface area (Å²) in [6.07, 6.45) is 7.34. The Hall–Kier alpha value is -3.22. The Labute approximate surface area is 214 Å². The van der Waals surface area contributed by atoms with Crippen LogP contribution in [0.25, 0.3) is 0 Å². The number of nitrogens with zero attached hydrogens (tertiary/aromatic N) is 2. The molecule has 2 aromatic carbocycles. The number of rotatable bonds is 9. The standard InChI is InChI=1S/C29H38N2O5/c1-4-17-36-25-16-15-21(18-26(25)35-3)28-29(33)30(23-12-7-5-6-8-13-23)20-27(32)31(28)19-22-11-9-10-14-24(22)34-2/h9-11,14-16,18,23,28H,4-8,12-13,17,19-20H2,1-3H3/t28-/m1/s1. The molecule has 0 N–H and O–H groups in total. The second-order valence-electron chi connectivity index (χ2n) is 9.61. The highest BCUT2D eigenvalue weighted by Gasteiger charge is 2.43. The van der Waals surface area contributed by atoms with Crippen molar-refractivity contribution in [2.24, 2.45) is 0 Å². The van der Waals surface area contributed by atoms with Crippen LogP contribution in [0.1, 0.15) is 69.0 Å². The molecule has 1 aliphatic carbocycles. The minimum Gasteiger partial charge on any atom is -0.496 e. The van der Waals surface area contributed by atoms with Gasteiger partial charge in [-0.05, 0) is 43.0 Å². The maximum absolute atomic E-state index is 14.1. The van der Waals surface area contributed by atoms with Gasteiger partial charge in [0.1, 0.15) is 18.3 Å². The van der Waals surface area contributed by atoms with E-state index in [2.05, 4.69) is 0 Å². The monoisotopic (exact) mass is 494 g/mol. The lowest BCUT2D eigenvalue weighted by Gasteiger charge is -2.43. The van der Waals surface area contributed by atoms with Gasteiger partial charge in [0, 0.05) is 11.6 Å². The Morgan fingerprint density at radius 2 is 1.61 bits per heavy atom. The van der Waals surface area contributed by atoms with E-state index in [9.17, 15) is 9.59 Å². The first kappa shape index (κ1) is 25.9. The number of carbonyl (C=O) groups is 2. The number of hydrogen-bond donors (Lipinski definition) is 0. The molecule has 2 aliphatic rings. The van der Waals surface area contributed by atoms with Crippen molar-refractivity contribution in [3.05, 3.63) is 53.6 Å². The number of para-hydroxylation sites is 1. The van der Waals surface area contributed by atoms with Crippen molar-refractivity contribution in [2.75, 3.05) is 27.4 Å². The fourth-order valence-corrected chi connectivity index (χ4v) is 5.33. The van der Waals surface area contributed by atoms with Crippen LogP contribution >= 0.6 is 0 Å². The van der Waals surface area contributed by atoms with E-state index in [-0.39, 0.29) is 30.9 Å². The summed E-state index contributed by atoms with van der Waals surface area (Å²) in [6, 6.07) is 12.6. The number of benzene rings is 2. The van der Waals surface area contributed by atoms with Crippen molar-refractivity contribution < 1.29 is 23.8 Å². The van der Waals surface area contributed by atoms with Gasteiger partial charge in [-0.1, -0.05) is 56.9 Å². The van der Waals surface area contributed by atoms with Gasteiger partial charge in [0.25, 0.3) is 5.91 Å². The molecule has 0 aromatic heterocycles. The molecule has 4 rings (SSSR count). The van der Waals surface area contributed by atoms with Gasteiger partial charge >= 0.3 is 0 Å². The zero-order valence-electron chi connectivity index (χ0n) is 21.7. The van der Waals surface area contributed by atoms with Crippen LogP contribution in [0.4, 0.5) is 0 Å². The van der Waals surface area contributed by atoms with Gasteiger partial charge in [0.2, 0.25) is 5.91 Å². The van der Waals surface area contributed by atoms with Crippen LogP contribution in [0.5, 0.6) is 17.2 Å². The normalized spacial score (nSPS) is 19.2. The van der Waals surface area contributed by atoms with Gasteiger partial charge in [-0.25, -0.2) is 0 Å². The van der Waals surface area contributed by atoms with Crippen LogP contribution in [0.2, 0.25) is 0 Å². The Balaban J connectivity index is 1.72. The molecule has 0 radical (unpaired) electrons. The zero-order chi connectivity index (χ0) is 25.5. The van der Waals surface area contributed by atoms with Crippen LogP contribution in [-0.2, 0) is 16.1 Å². The van der Waals surface area contributed by atoms with Crippen LogP contribution in [0.15, 0.2) is 42.5 Å². The summed E-state index contributed by atoms with van der Waals surface area (Å²) in [7, 11) is 3.21. The largest absolute Gasteiger partial charge is 0.496 e. The number of piperazine rings is 1. The molecule has 194 valence electrons. The van der Waals surface area contributed by atoms with Crippen LogP contribution in [0.3, 0.4) is 0 Å². The molecule has 0 unspecified atom stereocenters. The first-order valence-electron chi connectivity index (χ1n) is 13.1. The van der Waals surface area contributed by atoms with Gasteiger partial charge in [0.05, 0.1) is 27.4 Å². The van der Waals surface area contributed by atoms with Gasteiger partial charge in [0.15, 0.2) is 11.5 Å². The van der Waals surface area contributed by atoms with E-state index in [1.54, 1.807) is 19.1 Å². The van der Waals surface area contributed by atoms with Crippen LogP contribution in [-0.4, -0.2) is 55.0 Å². The summed E-state index contributed by atoms with van der Waals surface area (Å²) >= 11 is 0. The summed E-state index contributed by atoms with van der Waals surface area (Å²) in [5.74, 6) is 1.81. The third-order valence-corrected chi connectivity index (χ3v) is 7.22. The number of methoxy groups -OCH3 is 2. The molecule has 1 heterocycles. The van der Waals surface area contributed by atoms with E-state index in [0.29, 0.717) is 23.9 Å². The number of amides is 2. The number of ether oxygens (including phenoxy) is 3. The molecular formula is C29H38N2O5. The third-order valence-electron chi connectivity index (χ3n) is 7.22. The minimum absolute atomic E-state index is 0.0272. The van der Waals surface area contributed by atoms with E-state index < -0.39 is 6.04 Å². The van der Waals surface area contributed by atoms with E-state index in [0.717, 1.165) is 43.2 Å². The highest BCUT2D eigenvalue weighted by atomic mass is 16.5. The maximum atomic E-state index is 14.1. The van der Waals surface area contributed by atoms with E-state index in [1.165, 1.54) is 12.8 Å². The molecule has 2 fully saturated rings. The van der Waals surface area contributed by atoms with Gasteiger partial charge < -0.3 is 24.0 Å². The molecular weight excluding hydrogens is 456 g/mol. The Morgan fingerprint density at radius 3 is 2.31 bits per heavy atom. The highest BCUT2D eigenvalue weighted by molar-refractivity contribution is 5.96. The summed E-state index contributed by atoms with van der Waals surface area (Å²) in [5, 5.41) is 0. The Kier molecular flexibility index (Phi) is 8.73. The smallest absolute Gasteiger partial charge is 0.250 e. The fourth-order valence-electron chi connectivity index (χ4n) is 5.33. The first-order chi connectivity index (χ1) is 17.6. The average Bonchev–Trinajstić information content (AvgIpc) is 3.19. The van der Waals surface area contributed by atoms with Gasteiger partial charge in [-0.3, -0.25) is 9.59 Å². The fraction of sp³-hybridized carbons (Fsp3) is 0.517. The zero-order valence-corrected chi connectivity index (χ0v) is 21.7. The second-order valence-corrected chi connectivity index (χ2v) is 9.61. The molecule has 2 amide bonds. The molecule has 0 bridgehead atoms. The van der Waals surface area contributed by atoms with Crippen molar-refractivity contribution in [1.82, 2.24) is 9.80 Å². The third kappa shape index (κ3) is 5.61. The summed E-state index contributed by atoms with van der Waals surface area (Å²) < 4.78 is 17.0. The quantitative estimate of drug-likeness (QED) is 0.452. The molecule has 2 aromatic rings. The lowest BCUT2D eigenvalue weighted by Crippen LogP contribution is -2.57. The van der Waals surface area contributed by atoms with Crippen molar-refractivity contribution in [1.29, 1.82) is 0 Å². The summed E-state index contributed by atoms with van der Waals surface area (Å²) in [5.41, 5.74) is 1.59. The van der Waals surface area contributed by atoms with Crippen molar-refractivity contribution in [3.8, 4) is 17.2 Å². The first-order valence-corrected chi connectivity index (χ1v) is 13.1. The molecule has 1 saturated carbocycles. The molecule has 7 heteroatoms. The predicted molar refractivity (Wildman–Crippen MR) is 138 cm³/mol.